The van der Waals surface area contributed by atoms with Crippen molar-refractivity contribution in [1.82, 2.24) is 10.6 Å². The van der Waals surface area contributed by atoms with Crippen LogP contribution < -0.4 is 10.6 Å². The van der Waals surface area contributed by atoms with Gasteiger partial charge in [-0.15, -0.1) is 0 Å². The zero-order valence-electron chi connectivity index (χ0n) is 9.81. The molecule has 0 saturated carbocycles. The molecule has 1 fully saturated rings. The molecule has 0 radical (unpaired) electrons. The van der Waals surface area contributed by atoms with Crippen molar-refractivity contribution in [3.63, 3.8) is 0 Å². The SMILES string of the molecule is CC/C=C(/C)C(=O)NCC1CCNCC1. The summed E-state index contributed by atoms with van der Waals surface area (Å²) in [6.45, 7) is 6.93. The molecule has 1 amide bonds. The molecule has 1 aliphatic heterocycles. The first-order chi connectivity index (χ1) is 7.24. The topological polar surface area (TPSA) is 41.1 Å². The minimum atomic E-state index is 0.0929. The van der Waals surface area contributed by atoms with Crippen LogP contribution in [-0.4, -0.2) is 25.5 Å². The number of amides is 1. The van der Waals surface area contributed by atoms with Crippen LogP contribution in [0.3, 0.4) is 0 Å². The van der Waals surface area contributed by atoms with E-state index < -0.39 is 0 Å². The predicted molar refractivity (Wildman–Crippen MR) is 62.7 cm³/mol. The maximum Gasteiger partial charge on any atom is 0.246 e. The van der Waals surface area contributed by atoms with Gasteiger partial charge in [-0.3, -0.25) is 4.79 Å². The van der Waals surface area contributed by atoms with E-state index in [0.29, 0.717) is 5.92 Å². The highest BCUT2D eigenvalue weighted by Gasteiger charge is 2.13. The van der Waals surface area contributed by atoms with E-state index in [2.05, 4.69) is 10.6 Å². The summed E-state index contributed by atoms with van der Waals surface area (Å²) in [7, 11) is 0. The molecule has 86 valence electrons. The number of rotatable bonds is 4. The highest BCUT2D eigenvalue weighted by molar-refractivity contribution is 5.92. The fourth-order valence-electron chi connectivity index (χ4n) is 1.86. The summed E-state index contributed by atoms with van der Waals surface area (Å²) in [6.07, 6.45) is 5.25. The van der Waals surface area contributed by atoms with Crippen LogP contribution >= 0.6 is 0 Å². The smallest absolute Gasteiger partial charge is 0.246 e. The lowest BCUT2D eigenvalue weighted by atomic mass is 9.98. The van der Waals surface area contributed by atoms with Crippen LogP contribution in [0.25, 0.3) is 0 Å². The molecule has 2 N–H and O–H groups in total. The normalized spacial score (nSPS) is 18.9. The van der Waals surface area contributed by atoms with E-state index in [1.165, 1.54) is 12.8 Å². The third-order valence-corrected chi connectivity index (χ3v) is 2.88. The van der Waals surface area contributed by atoms with Crippen molar-refractivity contribution in [1.29, 1.82) is 0 Å². The molecule has 0 atom stereocenters. The van der Waals surface area contributed by atoms with E-state index in [-0.39, 0.29) is 5.91 Å². The number of carbonyl (C=O) groups excluding carboxylic acids is 1. The minimum absolute atomic E-state index is 0.0929. The van der Waals surface area contributed by atoms with E-state index in [0.717, 1.165) is 31.6 Å². The highest BCUT2D eigenvalue weighted by Crippen LogP contribution is 2.10. The lowest BCUT2D eigenvalue weighted by Gasteiger charge is -2.22. The summed E-state index contributed by atoms with van der Waals surface area (Å²) in [4.78, 5) is 11.6. The van der Waals surface area contributed by atoms with Gasteiger partial charge in [0.05, 0.1) is 0 Å². The molecule has 0 aromatic carbocycles. The number of hydrogen-bond acceptors (Lipinski definition) is 2. The summed E-state index contributed by atoms with van der Waals surface area (Å²) in [5.74, 6) is 0.750. The Kier molecular flexibility index (Phi) is 5.40. The second-order valence-electron chi connectivity index (χ2n) is 4.20. The summed E-state index contributed by atoms with van der Waals surface area (Å²) < 4.78 is 0. The lowest BCUT2D eigenvalue weighted by molar-refractivity contribution is -0.117. The molecule has 1 heterocycles. The van der Waals surface area contributed by atoms with Gasteiger partial charge in [-0.2, -0.15) is 0 Å². The Bertz CT molecular complexity index is 230. The van der Waals surface area contributed by atoms with E-state index in [1.54, 1.807) is 0 Å². The molecule has 1 aliphatic rings. The Morgan fingerprint density at radius 2 is 2.13 bits per heavy atom. The largest absolute Gasteiger partial charge is 0.352 e. The van der Waals surface area contributed by atoms with Gasteiger partial charge in [0.1, 0.15) is 0 Å². The van der Waals surface area contributed by atoms with Crippen molar-refractivity contribution in [2.24, 2.45) is 5.92 Å². The van der Waals surface area contributed by atoms with Gasteiger partial charge in [0, 0.05) is 12.1 Å². The second-order valence-corrected chi connectivity index (χ2v) is 4.20. The number of piperidine rings is 1. The quantitative estimate of drug-likeness (QED) is 0.690. The van der Waals surface area contributed by atoms with E-state index in [1.807, 2.05) is 19.9 Å². The van der Waals surface area contributed by atoms with Crippen molar-refractivity contribution >= 4 is 5.91 Å². The Morgan fingerprint density at radius 3 is 2.73 bits per heavy atom. The number of nitrogens with one attached hydrogen (secondary N) is 2. The van der Waals surface area contributed by atoms with Crippen LogP contribution in [0.15, 0.2) is 11.6 Å². The zero-order valence-corrected chi connectivity index (χ0v) is 9.81. The average Bonchev–Trinajstić information content (AvgIpc) is 2.27. The first-order valence-corrected chi connectivity index (χ1v) is 5.89. The third kappa shape index (κ3) is 4.47. The standard InChI is InChI=1S/C12H22N2O/c1-3-4-10(2)12(15)14-9-11-5-7-13-8-6-11/h4,11,13H,3,5-9H2,1-2H3,(H,14,15)/b10-4-. The maximum absolute atomic E-state index is 11.6. The summed E-state index contributed by atoms with van der Waals surface area (Å²) in [5, 5.41) is 6.32. The van der Waals surface area contributed by atoms with Gasteiger partial charge in [0.25, 0.3) is 0 Å². The number of hydrogen-bond donors (Lipinski definition) is 2. The molecule has 3 heteroatoms. The third-order valence-electron chi connectivity index (χ3n) is 2.88. The lowest BCUT2D eigenvalue weighted by Crippen LogP contribution is -2.36. The molecular formula is C12H22N2O. The monoisotopic (exact) mass is 210 g/mol. The van der Waals surface area contributed by atoms with Gasteiger partial charge in [-0.1, -0.05) is 13.0 Å². The molecule has 0 bridgehead atoms. The van der Waals surface area contributed by atoms with Crippen molar-refractivity contribution in [2.75, 3.05) is 19.6 Å². The fraction of sp³-hybridized carbons (Fsp3) is 0.750. The van der Waals surface area contributed by atoms with Crippen LogP contribution in [-0.2, 0) is 4.79 Å². The van der Waals surface area contributed by atoms with E-state index in [9.17, 15) is 4.79 Å². The van der Waals surface area contributed by atoms with Crippen molar-refractivity contribution < 1.29 is 4.79 Å². The van der Waals surface area contributed by atoms with Crippen LogP contribution in [0.2, 0.25) is 0 Å². The van der Waals surface area contributed by atoms with Gasteiger partial charge in [0.2, 0.25) is 5.91 Å². The Hall–Kier alpha value is -0.830. The van der Waals surface area contributed by atoms with Crippen molar-refractivity contribution in [2.45, 2.75) is 33.1 Å². The predicted octanol–water partition coefficient (Wildman–Crippen LogP) is 1.46. The molecule has 1 rings (SSSR count). The Labute approximate surface area is 92.3 Å². The summed E-state index contributed by atoms with van der Waals surface area (Å²) >= 11 is 0. The van der Waals surface area contributed by atoms with E-state index >= 15 is 0 Å². The molecule has 15 heavy (non-hydrogen) atoms. The fourth-order valence-corrected chi connectivity index (χ4v) is 1.86. The minimum Gasteiger partial charge on any atom is -0.352 e. The molecule has 0 aromatic rings. The molecular weight excluding hydrogens is 188 g/mol. The molecule has 0 unspecified atom stereocenters. The zero-order chi connectivity index (χ0) is 11.1. The summed E-state index contributed by atoms with van der Waals surface area (Å²) in [6, 6.07) is 0. The highest BCUT2D eigenvalue weighted by atomic mass is 16.1. The van der Waals surface area contributed by atoms with Gasteiger partial charge < -0.3 is 10.6 Å². The summed E-state index contributed by atoms with van der Waals surface area (Å²) in [5.41, 5.74) is 0.839. The second kappa shape index (κ2) is 6.62. The van der Waals surface area contributed by atoms with Gasteiger partial charge in [0.15, 0.2) is 0 Å². The molecule has 1 saturated heterocycles. The van der Waals surface area contributed by atoms with Crippen LogP contribution in [0.4, 0.5) is 0 Å². The average molecular weight is 210 g/mol. The molecule has 0 aromatic heterocycles. The number of allylic oxidation sites excluding steroid dienone is 1. The van der Waals surface area contributed by atoms with Crippen LogP contribution in [0, 0.1) is 5.92 Å². The van der Waals surface area contributed by atoms with Crippen LogP contribution in [0.5, 0.6) is 0 Å². The van der Waals surface area contributed by atoms with E-state index in [4.69, 9.17) is 0 Å². The van der Waals surface area contributed by atoms with Crippen molar-refractivity contribution in [3.05, 3.63) is 11.6 Å². The Morgan fingerprint density at radius 1 is 1.47 bits per heavy atom. The van der Waals surface area contributed by atoms with Gasteiger partial charge in [-0.05, 0) is 45.2 Å². The molecule has 0 spiro atoms. The van der Waals surface area contributed by atoms with Crippen molar-refractivity contribution in [3.8, 4) is 0 Å². The number of carbonyl (C=O) groups is 1. The first kappa shape index (κ1) is 12.2. The molecule has 0 aliphatic carbocycles. The maximum atomic E-state index is 11.6. The first-order valence-electron chi connectivity index (χ1n) is 5.89. The molecule has 3 nitrogen and oxygen atoms in total. The van der Waals surface area contributed by atoms with Gasteiger partial charge >= 0.3 is 0 Å². The van der Waals surface area contributed by atoms with Crippen LogP contribution in [0.1, 0.15) is 33.1 Å². The van der Waals surface area contributed by atoms with Gasteiger partial charge in [-0.25, -0.2) is 0 Å². The Balaban J connectivity index is 2.23.